The number of hydrogen-bond donors (Lipinski definition) is 0. The van der Waals surface area contributed by atoms with Gasteiger partial charge >= 0.3 is 0 Å². The molecule has 1 aromatic rings. The van der Waals surface area contributed by atoms with E-state index >= 15 is 0 Å². The van der Waals surface area contributed by atoms with E-state index in [1.165, 1.54) is 0 Å². The number of halogens is 1. The minimum atomic E-state index is 0. The second-order valence-electron chi connectivity index (χ2n) is 3.64. The van der Waals surface area contributed by atoms with Gasteiger partial charge in [0.25, 0.3) is 0 Å². The van der Waals surface area contributed by atoms with Crippen molar-refractivity contribution in [3.8, 4) is 0 Å². The minimum absolute atomic E-state index is 0. The summed E-state index contributed by atoms with van der Waals surface area (Å²) in [4.78, 5) is 0. The lowest BCUT2D eigenvalue weighted by Gasteiger charge is -2.26. The lowest BCUT2D eigenvalue weighted by atomic mass is 10.3. The molecular formula is C10H16ClNO. The van der Waals surface area contributed by atoms with Crippen LogP contribution in [-0.4, -0.2) is 25.1 Å². The van der Waals surface area contributed by atoms with Crippen molar-refractivity contribution in [1.29, 1.82) is 0 Å². The van der Waals surface area contributed by atoms with Crippen molar-refractivity contribution >= 4 is 0 Å². The van der Waals surface area contributed by atoms with Crippen LogP contribution in [0, 0.1) is 0 Å². The second kappa shape index (κ2) is 5.10. The predicted molar refractivity (Wildman–Crippen MR) is 49.6 cm³/mol. The van der Waals surface area contributed by atoms with Gasteiger partial charge in [-0.15, -0.1) is 0 Å². The summed E-state index contributed by atoms with van der Waals surface area (Å²) >= 11 is 0. The zero-order valence-corrected chi connectivity index (χ0v) is 8.92. The van der Waals surface area contributed by atoms with E-state index in [4.69, 9.17) is 4.42 Å². The molecule has 0 amide bonds. The summed E-state index contributed by atoms with van der Waals surface area (Å²) in [5.41, 5.74) is 0. The largest absolute Gasteiger partial charge is 1.00 e. The quantitative estimate of drug-likeness (QED) is 0.452. The van der Waals surface area contributed by atoms with E-state index in [0.717, 1.165) is 23.3 Å². The van der Waals surface area contributed by atoms with Crippen LogP contribution in [0.4, 0.5) is 0 Å². The Morgan fingerprint density at radius 1 is 1.54 bits per heavy atom. The molecule has 0 aliphatic rings. The van der Waals surface area contributed by atoms with Crippen molar-refractivity contribution in [2.24, 2.45) is 0 Å². The monoisotopic (exact) mass is 201 g/mol. The number of rotatable bonds is 4. The molecule has 0 fully saturated rings. The molecule has 0 unspecified atom stereocenters. The summed E-state index contributed by atoms with van der Waals surface area (Å²) in [6, 6.07) is 3.92. The first-order valence-electron chi connectivity index (χ1n) is 4.09. The minimum Gasteiger partial charge on any atom is -1.00 e. The van der Waals surface area contributed by atoms with Crippen LogP contribution in [0.5, 0.6) is 0 Å². The van der Waals surface area contributed by atoms with Gasteiger partial charge in [0, 0.05) is 0 Å². The van der Waals surface area contributed by atoms with Crippen LogP contribution in [0.25, 0.3) is 0 Å². The van der Waals surface area contributed by atoms with Crippen molar-refractivity contribution in [3.05, 3.63) is 36.8 Å². The SMILES string of the molecule is C=CC[N+](C)(C)Cc1ccco1.[Cl-]. The van der Waals surface area contributed by atoms with Crippen LogP contribution in [0.15, 0.2) is 35.5 Å². The van der Waals surface area contributed by atoms with E-state index < -0.39 is 0 Å². The predicted octanol–water partition coefficient (Wildman–Crippen LogP) is -0.954. The van der Waals surface area contributed by atoms with Crippen LogP contribution in [0.3, 0.4) is 0 Å². The van der Waals surface area contributed by atoms with Crippen LogP contribution in [0.1, 0.15) is 5.76 Å². The molecule has 1 rings (SSSR count). The molecule has 0 aliphatic heterocycles. The highest BCUT2D eigenvalue weighted by Gasteiger charge is 2.14. The lowest BCUT2D eigenvalue weighted by molar-refractivity contribution is -0.898. The van der Waals surface area contributed by atoms with E-state index in [1.54, 1.807) is 6.26 Å². The Balaban J connectivity index is 0.00000144. The average molecular weight is 202 g/mol. The van der Waals surface area contributed by atoms with Crippen molar-refractivity contribution in [3.63, 3.8) is 0 Å². The Labute approximate surface area is 85.8 Å². The van der Waals surface area contributed by atoms with Crippen LogP contribution < -0.4 is 12.4 Å². The molecule has 0 radical (unpaired) electrons. The van der Waals surface area contributed by atoms with E-state index in [9.17, 15) is 0 Å². The molecule has 2 nitrogen and oxygen atoms in total. The normalized spacial score (nSPS) is 10.6. The van der Waals surface area contributed by atoms with Gasteiger partial charge in [0.2, 0.25) is 0 Å². The topological polar surface area (TPSA) is 13.1 Å². The highest BCUT2D eigenvalue weighted by Crippen LogP contribution is 2.09. The van der Waals surface area contributed by atoms with Gasteiger partial charge in [-0.05, 0) is 18.2 Å². The maximum atomic E-state index is 5.27. The van der Waals surface area contributed by atoms with Gasteiger partial charge in [-0.25, -0.2) is 0 Å². The van der Waals surface area contributed by atoms with E-state index in [0.29, 0.717) is 0 Å². The van der Waals surface area contributed by atoms with Gasteiger partial charge in [0.1, 0.15) is 6.54 Å². The fourth-order valence-electron chi connectivity index (χ4n) is 1.24. The second-order valence-corrected chi connectivity index (χ2v) is 3.64. The first kappa shape index (κ1) is 12.3. The fourth-order valence-corrected chi connectivity index (χ4v) is 1.24. The molecule has 0 spiro atoms. The van der Waals surface area contributed by atoms with E-state index in [-0.39, 0.29) is 12.4 Å². The summed E-state index contributed by atoms with van der Waals surface area (Å²) in [7, 11) is 4.31. The molecule has 0 aromatic carbocycles. The van der Waals surface area contributed by atoms with E-state index in [1.807, 2.05) is 18.2 Å². The van der Waals surface area contributed by atoms with Gasteiger partial charge in [-0.3, -0.25) is 0 Å². The van der Waals surface area contributed by atoms with Crippen molar-refractivity contribution < 1.29 is 21.3 Å². The van der Waals surface area contributed by atoms with Gasteiger partial charge in [-0.2, -0.15) is 0 Å². The maximum absolute atomic E-state index is 5.27. The van der Waals surface area contributed by atoms with Crippen molar-refractivity contribution in [2.45, 2.75) is 6.54 Å². The van der Waals surface area contributed by atoms with Gasteiger partial charge in [0.05, 0.1) is 26.9 Å². The van der Waals surface area contributed by atoms with E-state index in [2.05, 4.69) is 20.7 Å². The van der Waals surface area contributed by atoms with Gasteiger partial charge in [0.15, 0.2) is 5.76 Å². The van der Waals surface area contributed by atoms with Gasteiger partial charge in [-0.1, -0.05) is 6.58 Å². The molecule has 74 valence electrons. The molecule has 3 heteroatoms. The summed E-state index contributed by atoms with van der Waals surface area (Å²) < 4.78 is 6.15. The summed E-state index contributed by atoms with van der Waals surface area (Å²) in [5.74, 6) is 1.03. The molecular weight excluding hydrogens is 186 g/mol. The molecule has 0 bridgehead atoms. The molecule has 0 saturated heterocycles. The Morgan fingerprint density at radius 3 is 2.69 bits per heavy atom. The number of hydrogen-bond acceptors (Lipinski definition) is 1. The number of furan rings is 1. The number of quaternary nitrogens is 1. The van der Waals surface area contributed by atoms with Crippen molar-refractivity contribution in [1.82, 2.24) is 0 Å². The Kier molecular flexibility index (Phi) is 4.81. The zero-order valence-electron chi connectivity index (χ0n) is 8.16. The molecule has 0 N–H and O–H groups in total. The molecule has 13 heavy (non-hydrogen) atoms. The third kappa shape index (κ3) is 4.15. The van der Waals surface area contributed by atoms with Crippen molar-refractivity contribution in [2.75, 3.05) is 20.6 Å². The van der Waals surface area contributed by atoms with Crippen LogP contribution >= 0.6 is 0 Å². The Bertz CT molecular complexity index is 241. The fraction of sp³-hybridized carbons (Fsp3) is 0.400. The first-order valence-corrected chi connectivity index (χ1v) is 4.09. The third-order valence-corrected chi connectivity index (χ3v) is 1.79. The van der Waals surface area contributed by atoms with Gasteiger partial charge < -0.3 is 21.3 Å². The third-order valence-electron chi connectivity index (χ3n) is 1.79. The highest BCUT2D eigenvalue weighted by molar-refractivity contribution is 4.96. The van der Waals surface area contributed by atoms with Crippen LogP contribution in [-0.2, 0) is 6.54 Å². The summed E-state index contributed by atoms with van der Waals surface area (Å²) in [6.07, 6.45) is 3.65. The lowest BCUT2D eigenvalue weighted by Crippen LogP contribution is -3.00. The number of nitrogens with zero attached hydrogens (tertiary/aromatic N) is 1. The Hall–Kier alpha value is -0.730. The Morgan fingerprint density at radius 2 is 2.23 bits per heavy atom. The summed E-state index contributed by atoms with van der Waals surface area (Å²) in [5, 5.41) is 0. The maximum Gasteiger partial charge on any atom is 0.158 e. The summed E-state index contributed by atoms with van der Waals surface area (Å²) in [6.45, 7) is 5.60. The first-order chi connectivity index (χ1) is 5.64. The smallest absolute Gasteiger partial charge is 0.158 e. The molecule has 0 aliphatic carbocycles. The average Bonchev–Trinajstić information content (AvgIpc) is 2.38. The van der Waals surface area contributed by atoms with Crippen LogP contribution in [0.2, 0.25) is 0 Å². The highest BCUT2D eigenvalue weighted by atomic mass is 35.5. The molecule has 0 saturated carbocycles. The number of likely N-dealkylation sites (N-methyl/N-ethyl adjacent to an activating group) is 1. The molecule has 1 aromatic heterocycles. The standard InChI is InChI=1S/C10H16NO.ClH/c1-4-7-11(2,3)9-10-6-5-8-12-10;/h4-6,8H,1,7,9H2,2-3H3;1H/q+1;/p-1. The molecule has 0 atom stereocenters. The molecule has 1 heterocycles. The zero-order chi connectivity index (χ0) is 9.03.